The molecular formula is C11H18N4O2S. The van der Waals surface area contributed by atoms with Crippen LogP contribution in [0.25, 0.3) is 0 Å². The van der Waals surface area contributed by atoms with Gasteiger partial charge < -0.3 is 5.73 Å². The van der Waals surface area contributed by atoms with E-state index in [0.29, 0.717) is 6.42 Å². The van der Waals surface area contributed by atoms with Gasteiger partial charge in [0.1, 0.15) is 0 Å². The lowest BCUT2D eigenvalue weighted by Gasteiger charge is -2.10. The number of amides is 1. The molecule has 0 aliphatic rings. The van der Waals surface area contributed by atoms with Gasteiger partial charge in [0.05, 0.1) is 6.04 Å². The predicted molar refractivity (Wildman–Crippen MR) is 69.7 cm³/mol. The molecule has 6 nitrogen and oxygen atoms in total. The normalized spacial score (nSPS) is 16.1. The Labute approximate surface area is 107 Å². The molecule has 2 atom stereocenters. The molecule has 0 aliphatic carbocycles. The fourth-order valence-corrected chi connectivity index (χ4v) is 2.36. The molecule has 7 heteroatoms. The maximum absolute atomic E-state index is 12.1. The van der Waals surface area contributed by atoms with Gasteiger partial charge in [-0.3, -0.25) is 4.79 Å². The molecule has 1 aromatic heterocycles. The number of carbonyl (C=O) groups is 1. The van der Waals surface area contributed by atoms with Gasteiger partial charge in [-0.1, -0.05) is 19.9 Å². The second-order valence-corrected chi connectivity index (χ2v) is 6.14. The number of carbonyl (C=O) groups excluding carboxylic acids is 1. The summed E-state index contributed by atoms with van der Waals surface area (Å²) in [5, 5.41) is 5.61. The predicted octanol–water partition coefficient (Wildman–Crippen LogP) is 0.682. The summed E-state index contributed by atoms with van der Waals surface area (Å²) in [5.41, 5.74) is 5.66. The lowest BCUT2D eigenvalue weighted by Crippen LogP contribution is -2.32. The lowest BCUT2D eigenvalue weighted by molar-refractivity contribution is -0.119. The second-order valence-electron chi connectivity index (χ2n) is 4.40. The molecule has 0 saturated carbocycles. The molecule has 100 valence electrons. The summed E-state index contributed by atoms with van der Waals surface area (Å²) in [4.78, 5) is 15.5. The minimum Gasteiger partial charge on any atom is -0.320 e. The van der Waals surface area contributed by atoms with Crippen LogP contribution in [-0.2, 0) is 14.7 Å². The smallest absolute Gasteiger partial charge is 0.271 e. The highest BCUT2D eigenvalue weighted by Crippen LogP contribution is 2.08. The van der Waals surface area contributed by atoms with Crippen LogP contribution in [0, 0.1) is 5.92 Å². The summed E-state index contributed by atoms with van der Waals surface area (Å²) < 4.78 is 15.6. The Hall–Kier alpha value is -1.31. The minimum absolute atomic E-state index is 0.0788. The fraction of sp³-hybridized carbons (Fsp3) is 0.455. The molecule has 1 rings (SSSR count). The highest BCUT2D eigenvalue weighted by molar-refractivity contribution is 7.91. The molecule has 0 aromatic carbocycles. The monoisotopic (exact) mass is 270 g/mol. The first-order valence-corrected chi connectivity index (χ1v) is 7.16. The molecule has 0 spiro atoms. The van der Waals surface area contributed by atoms with Crippen molar-refractivity contribution in [1.29, 1.82) is 0 Å². The summed E-state index contributed by atoms with van der Waals surface area (Å²) in [5.74, 6) is -0.398. The van der Waals surface area contributed by atoms with E-state index in [4.69, 9.17) is 10.9 Å². The van der Waals surface area contributed by atoms with Gasteiger partial charge in [0, 0.05) is 6.20 Å². The van der Waals surface area contributed by atoms with Gasteiger partial charge in [-0.05, 0) is 24.5 Å². The molecule has 0 fully saturated rings. The average Bonchev–Trinajstić information content (AvgIpc) is 2.28. The summed E-state index contributed by atoms with van der Waals surface area (Å²) >= 11 is 0. The van der Waals surface area contributed by atoms with Crippen molar-refractivity contribution in [2.24, 2.45) is 21.2 Å². The maximum atomic E-state index is 12.1. The zero-order valence-corrected chi connectivity index (χ0v) is 11.3. The summed E-state index contributed by atoms with van der Waals surface area (Å²) in [6.45, 7) is 3.87. The van der Waals surface area contributed by atoms with Crippen molar-refractivity contribution in [3.05, 3.63) is 24.4 Å². The summed E-state index contributed by atoms with van der Waals surface area (Å²) in [7, 11) is -3.31. The van der Waals surface area contributed by atoms with Gasteiger partial charge in [-0.2, -0.15) is 0 Å². The number of hydrogen-bond donors (Lipinski definition) is 2. The van der Waals surface area contributed by atoms with Gasteiger partial charge in [-0.25, -0.2) is 14.3 Å². The van der Waals surface area contributed by atoms with E-state index in [1.165, 1.54) is 12.3 Å². The second kappa shape index (κ2) is 6.03. The number of nitrogens with zero attached hydrogens (tertiary/aromatic N) is 2. The minimum atomic E-state index is -3.31. The number of aromatic nitrogens is 1. The Bertz CT molecular complexity index is 521. The van der Waals surface area contributed by atoms with E-state index >= 15 is 0 Å². The molecule has 0 aliphatic heterocycles. The van der Waals surface area contributed by atoms with E-state index in [1.807, 2.05) is 13.8 Å². The Morgan fingerprint density at radius 1 is 1.50 bits per heavy atom. The standard InChI is InChI=1S/C11H18N4O2S/c1-8(2)7-9(12)11(16)15-18(13,17)10-5-3-4-6-14-10/h3-6,8-9H,7,12H2,1-2H3,(H2,13,15,16,17)/t9-,18?/m0/s1. The van der Waals surface area contributed by atoms with Gasteiger partial charge in [0.15, 0.2) is 14.9 Å². The lowest BCUT2D eigenvalue weighted by atomic mass is 10.0. The van der Waals surface area contributed by atoms with Crippen LogP contribution in [0.3, 0.4) is 0 Å². The number of rotatable bonds is 4. The van der Waals surface area contributed by atoms with Crippen LogP contribution in [0.2, 0.25) is 0 Å². The van der Waals surface area contributed by atoms with Crippen molar-refractivity contribution in [3.63, 3.8) is 0 Å². The van der Waals surface area contributed by atoms with E-state index < -0.39 is 21.9 Å². The zero-order valence-electron chi connectivity index (χ0n) is 10.4. The molecular weight excluding hydrogens is 252 g/mol. The van der Waals surface area contributed by atoms with E-state index in [2.05, 4.69) is 9.35 Å². The van der Waals surface area contributed by atoms with Gasteiger partial charge in [0.25, 0.3) is 5.91 Å². The van der Waals surface area contributed by atoms with Gasteiger partial charge in [-0.15, -0.1) is 4.36 Å². The molecule has 18 heavy (non-hydrogen) atoms. The summed E-state index contributed by atoms with van der Waals surface area (Å²) in [6, 6.07) is 3.97. The Morgan fingerprint density at radius 3 is 2.67 bits per heavy atom. The van der Waals surface area contributed by atoms with Crippen molar-refractivity contribution in [1.82, 2.24) is 4.98 Å². The zero-order chi connectivity index (χ0) is 13.8. The number of hydrogen-bond acceptors (Lipinski definition) is 4. The molecule has 0 saturated heterocycles. The van der Waals surface area contributed by atoms with Crippen molar-refractivity contribution >= 4 is 15.8 Å². The number of pyridine rings is 1. The highest BCUT2D eigenvalue weighted by atomic mass is 32.2. The van der Waals surface area contributed by atoms with Crippen LogP contribution in [0.15, 0.2) is 33.8 Å². The largest absolute Gasteiger partial charge is 0.320 e. The van der Waals surface area contributed by atoms with E-state index in [0.717, 1.165) is 0 Å². The Kier molecular flexibility index (Phi) is 4.94. The van der Waals surface area contributed by atoms with E-state index in [-0.39, 0.29) is 10.9 Å². The third-order valence-electron chi connectivity index (χ3n) is 2.21. The van der Waals surface area contributed by atoms with Crippen LogP contribution >= 0.6 is 0 Å². The Balaban J connectivity index is 2.95. The molecule has 1 heterocycles. The van der Waals surface area contributed by atoms with Gasteiger partial charge in [0.2, 0.25) is 0 Å². The first-order chi connectivity index (χ1) is 8.33. The maximum Gasteiger partial charge on any atom is 0.271 e. The van der Waals surface area contributed by atoms with Gasteiger partial charge >= 0.3 is 0 Å². The SMILES string of the molecule is CC(C)C[C@H](N)C(=O)N=S(N)(=O)c1ccccn1. The molecule has 0 radical (unpaired) electrons. The topological polar surface area (TPSA) is 111 Å². The van der Waals surface area contributed by atoms with Crippen molar-refractivity contribution < 1.29 is 9.00 Å². The Morgan fingerprint density at radius 2 is 2.17 bits per heavy atom. The van der Waals surface area contributed by atoms with Crippen LogP contribution in [-0.4, -0.2) is 21.1 Å². The quantitative estimate of drug-likeness (QED) is 0.837. The first-order valence-electron chi connectivity index (χ1n) is 5.58. The summed E-state index contributed by atoms with van der Waals surface area (Å²) in [6.07, 6.45) is 1.91. The highest BCUT2D eigenvalue weighted by Gasteiger charge is 2.18. The molecule has 1 aromatic rings. The molecule has 0 bridgehead atoms. The van der Waals surface area contributed by atoms with E-state index in [1.54, 1.807) is 12.1 Å². The fourth-order valence-electron chi connectivity index (χ4n) is 1.38. The molecule has 1 unspecified atom stereocenters. The molecule has 1 amide bonds. The molecule has 4 N–H and O–H groups in total. The van der Waals surface area contributed by atoms with Crippen molar-refractivity contribution in [2.75, 3.05) is 0 Å². The van der Waals surface area contributed by atoms with Crippen LogP contribution < -0.4 is 10.9 Å². The van der Waals surface area contributed by atoms with E-state index in [9.17, 15) is 9.00 Å². The third kappa shape index (κ3) is 4.17. The van der Waals surface area contributed by atoms with Crippen LogP contribution in [0.4, 0.5) is 0 Å². The van der Waals surface area contributed by atoms with Crippen LogP contribution in [0.5, 0.6) is 0 Å². The van der Waals surface area contributed by atoms with Crippen molar-refractivity contribution in [2.45, 2.75) is 31.3 Å². The van der Waals surface area contributed by atoms with Crippen LogP contribution in [0.1, 0.15) is 20.3 Å². The number of nitrogens with two attached hydrogens (primary N) is 2. The first kappa shape index (κ1) is 14.7. The van der Waals surface area contributed by atoms with Crippen molar-refractivity contribution in [3.8, 4) is 0 Å². The third-order valence-corrected chi connectivity index (χ3v) is 3.50. The average molecular weight is 270 g/mol.